The number of nitrogens with zero attached hydrogens (tertiary/aromatic N) is 1. The van der Waals surface area contributed by atoms with Gasteiger partial charge in [0.25, 0.3) is 0 Å². The summed E-state index contributed by atoms with van der Waals surface area (Å²) in [7, 11) is 0. The molecular formula is C14H15ClN2. The summed E-state index contributed by atoms with van der Waals surface area (Å²) in [5.41, 5.74) is 3.45. The molecule has 1 N–H and O–H groups in total. The normalized spacial score (nSPS) is 24.3. The van der Waals surface area contributed by atoms with E-state index in [1.165, 1.54) is 5.57 Å². The molecule has 0 fully saturated rings. The molecule has 0 bridgehead atoms. The van der Waals surface area contributed by atoms with Crippen molar-refractivity contribution < 1.29 is 0 Å². The summed E-state index contributed by atoms with van der Waals surface area (Å²) in [5.74, 6) is 1.26. The Labute approximate surface area is 106 Å². The van der Waals surface area contributed by atoms with Crippen molar-refractivity contribution in [2.75, 3.05) is 0 Å². The maximum absolute atomic E-state index is 6.34. The Morgan fingerprint density at radius 3 is 2.94 bits per heavy atom. The highest BCUT2D eigenvalue weighted by molar-refractivity contribution is 6.33. The molecule has 3 heteroatoms. The smallest absolute Gasteiger partial charge is 0.137 e. The summed E-state index contributed by atoms with van der Waals surface area (Å²) in [6.07, 6.45) is 7.12. The molecule has 0 amide bonds. The van der Waals surface area contributed by atoms with Crippen LogP contribution < -0.4 is 0 Å². The Morgan fingerprint density at radius 1 is 1.41 bits per heavy atom. The first-order chi connectivity index (χ1) is 8.18. The van der Waals surface area contributed by atoms with Crippen LogP contribution >= 0.6 is 11.6 Å². The fraction of sp³-hybridized carbons (Fsp3) is 0.357. The van der Waals surface area contributed by atoms with Crippen molar-refractivity contribution in [1.82, 2.24) is 9.97 Å². The summed E-state index contributed by atoms with van der Waals surface area (Å²) < 4.78 is 0. The standard InChI is InChI=1S/C14H15ClN2/c1-8-3-4-10(9(8)2)13-11-5-6-16-14(11)17-7-12(13)15/h4-9H,3H2,1-2H3,(H,16,17)/t8-,9?/m0/s1. The molecule has 2 aromatic rings. The number of hydrogen-bond donors (Lipinski definition) is 1. The van der Waals surface area contributed by atoms with Crippen LogP contribution in [-0.4, -0.2) is 9.97 Å². The fourth-order valence-corrected chi connectivity index (χ4v) is 2.88. The largest absolute Gasteiger partial charge is 0.346 e. The van der Waals surface area contributed by atoms with E-state index in [0.29, 0.717) is 11.8 Å². The lowest BCUT2D eigenvalue weighted by molar-refractivity contribution is 0.507. The summed E-state index contributed by atoms with van der Waals surface area (Å²) in [5, 5.41) is 1.88. The number of aromatic amines is 1. The van der Waals surface area contributed by atoms with E-state index in [4.69, 9.17) is 11.6 Å². The van der Waals surface area contributed by atoms with Crippen molar-refractivity contribution in [2.45, 2.75) is 20.3 Å². The quantitative estimate of drug-likeness (QED) is 0.800. The third-order valence-corrected chi connectivity index (χ3v) is 4.17. The first kappa shape index (κ1) is 10.8. The van der Waals surface area contributed by atoms with E-state index < -0.39 is 0 Å². The van der Waals surface area contributed by atoms with Crippen molar-refractivity contribution in [3.8, 4) is 0 Å². The van der Waals surface area contributed by atoms with Crippen molar-refractivity contribution in [2.24, 2.45) is 11.8 Å². The van der Waals surface area contributed by atoms with Crippen LogP contribution in [0.15, 0.2) is 24.5 Å². The second-order valence-corrected chi connectivity index (χ2v) is 5.29. The average Bonchev–Trinajstić information content (AvgIpc) is 2.89. The fourth-order valence-electron chi connectivity index (χ4n) is 2.62. The van der Waals surface area contributed by atoms with E-state index in [0.717, 1.165) is 28.0 Å². The Kier molecular flexibility index (Phi) is 2.48. The molecular weight excluding hydrogens is 232 g/mol. The van der Waals surface area contributed by atoms with Gasteiger partial charge in [0.05, 0.1) is 5.02 Å². The Hall–Kier alpha value is -1.28. The topological polar surface area (TPSA) is 28.7 Å². The second kappa shape index (κ2) is 3.88. The van der Waals surface area contributed by atoms with E-state index in [1.54, 1.807) is 6.20 Å². The van der Waals surface area contributed by atoms with Crippen LogP contribution in [0.4, 0.5) is 0 Å². The predicted octanol–water partition coefficient (Wildman–Crippen LogP) is 4.28. The zero-order valence-electron chi connectivity index (χ0n) is 10.00. The van der Waals surface area contributed by atoms with Gasteiger partial charge < -0.3 is 4.98 Å². The molecule has 88 valence electrons. The average molecular weight is 247 g/mol. The van der Waals surface area contributed by atoms with E-state index in [2.05, 4.69) is 36.0 Å². The highest BCUT2D eigenvalue weighted by atomic mass is 35.5. The molecule has 2 heterocycles. The van der Waals surface area contributed by atoms with Crippen molar-refractivity contribution in [1.29, 1.82) is 0 Å². The minimum absolute atomic E-state index is 0.563. The van der Waals surface area contributed by atoms with Gasteiger partial charge in [-0.05, 0) is 29.9 Å². The predicted molar refractivity (Wildman–Crippen MR) is 72.0 cm³/mol. The van der Waals surface area contributed by atoms with Crippen molar-refractivity contribution in [3.63, 3.8) is 0 Å². The monoisotopic (exact) mass is 246 g/mol. The Bertz CT molecular complexity index is 597. The molecule has 1 aliphatic rings. The number of allylic oxidation sites excluding steroid dienone is 2. The highest BCUT2D eigenvalue weighted by Gasteiger charge is 2.26. The van der Waals surface area contributed by atoms with Gasteiger partial charge in [0.2, 0.25) is 0 Å². The number of rotatable bonds is 1. The number of pyridine rings is 1. The maximum atomic E-state index is 6.34. The molecule has 2 nitrogen and oxygen atoms in total. The lowest BCUT2D eigenvalue weighted by Gasteiger charge is -2.16. The van der Waals surface area contributed by atoms with Gasteiger partial charge in [-0.3, -0.25) is 0 Å². The summed E-state index contributed by atoms with van der Waals surface area (Å²) >= 11 is 6.34. The Balaban J connectivity index is 2.23. The SMILES string of the molecule is CC1C(c2c(Cl)cnc3[nH]ccc23)=CC[C@@H]1C. The molecule has 3 rings (SSSR count). The van der Waals surface area contributed by atoms with E-state index in [-0.39, 0.29) is 0 Å². The van der Waals surface area contributed by atoms with Crippen molar-refractivity contribution >= 4 is 28.2 Å². The van der Waals surface area contributed by atoms with Crippen LogP contribution in [0, 0.1) is 11.8 Å². The summed E-state index contributed by atoms with van der Waals surface area (Å²) in [4.78, 5) is 7.44. The van der Waals surface area contributed by atoms with Crippen LogP contribution in [0.2, 0.25) is 5.02 Å². The van der Waals surface area contributed by atoms with Crippen molar-refractivity contribution in [3.05, 3.63) is 35.1 Å². The number of nitrogens with one attached hydrogen (secondary N) is 1. The molecule has 2 aromatic heterocycles. The lowest BCUT2D eigenvalue weighted by Crippen LogP contribution is -2.03. The van der Waals surface area contributed by atoms with Crippen LogP contribution in [0.5, 0.6) is 0 Å². The molecule has 0 saturated heterocycles. The zero-order chi connectivity index (χ0) is 12.0. The molecule has 2 atom stereocenters. The molecule has 0 saturated carbocycles. The van der Waals surface area contributed by atoms with Gasteiger partial charge in [-0.25, -0.2) is 4.98 Å². The third kappa shape index (κ3) is 1.59. The molecule has 1 aliphatic carbocycles. The van der Waals surface area contributed by atoms with Gasteiger partial charge >= 0.3 is 0 Å². The van der Waals surface area contributed by atoms with Gasteiger partial charge in [-0.2, -0.15) is 0 Å². The minimum Gasteiger partial charge on any atom is -0.346 e. The van der Waals surface area contributed by atoms with Gasteiger partial charge in [0, 0.05) is 23.3 Å². The van der Waals surface area contributed by atoms with Crippen LogP contribution in [0.3, 0.4) is 0 Å². The molecule has 0 spiro atoms. The number of aromatic nitrogens is 2. The van der Waals surface area contributed by atoms with Gasteiger partial charge in [-0.1, -0.05) is 31.5 Å². The first-order valence-electron chi connectivity index (χ1n) is 6.00. The van der Waals surface area contributed by atoms with E-state index in [9.17, 15) is 0 Å². The molecule has 0 aromatic carbocycles. The highest BCUT2D eigenvalue weighted by Crippen LogP contribution is 2.42. The van der Waals surface area contributed by atoms with Gasteiger partial charge in [-0.15, -0.1) is 0 Å². The van der Waals surface area contributed by atoms with Crippen LogP contribution in [0.25, 0.3) is 16.6 Å². The minimum atomic E-state index is 0.563. The van der Waals surface area contributed by atoms with Gasteiger partial charge in [0.15, 0.2) is 0 Å². The second-order valence-electron chi connectivity index (χ2n) is 4.88. The van der Waals surface area contributed by atoms with Crippen LogP contribution in [-0.2, 0) is 0 Å². The third-order valence-electron chi connectivity index (χ3n) is 3.88. The van der Waals surface area contributed by atoms with E-state index in [1.807, 2.05) is 6.20 Å². The maximum Gasteiger partial charge on any atom is 0.137 e. The van der Waals surface area contributed by atoms with Crippen LogP contribution in [0.1, 0.15) is 25.8 Å². The zero-order valence-corrected chi connectivity index (χ0v) is 10.8. The summed E-state index contributed by atoms with van der Waals surface area (Å²) in [6, 6.07) is 2.06. The molecule has 1 unspecified atom stereocenters. The number of fused-ring (bicyclic) bond motifs is 1. The molecule has 0 aliphatic heterocycles. The van der Waals surface area contributed by atoms with Gasteiger partial charge in [0.1, 0.15) is 5.65 Å². The summed E-state index contributed by atoms with van der Waals surface area (Å²) in [6.45, 7) is 4.57. The molecule has 17 heavy (non-hydrogen) atoms. The lowest BCUT2D eigenvalue weighted by atomic mass is 9.90. The number of hydrogen-bond acceptors (Lipinski definition) is 1. The molecule has 0 radical (unpaired) electrons. The first-order valence-corrected chi connectivity index (χ1v) is 6.38. The number of H-pyrrole nitrogens is 1. The Morgan fingerprint density at radius 2 is 2.24 bits per heavy atom. The number of halogens is 1. The van der Waals surface area contributed by atoms with E-state index >= 15 is 0 Å².